The lowest BCUT2D eigenvalue weighted by Gasteiger charge is -2.27. The van der Waals surface area contributed by atoms with E-state index in [2.05, 4.69) is 20.8 Å². The molecule has 0 unspecified atom stereocenters. The second-order valence-corrected chi connectivity index (χ2v) is 5.48. The van der Waals surface area contributed by atoms with Crippen molar-refractivity contribution in [1.29, 1.82) is 0 Å². The first-order valence-electron chi connectivity index (χ1n) is 7.77. The van der Waals surface area contributed by atoms with Gasteiger partial charge in [0.15, 0.2) is 5.82 Å². The van der Waals surface area contributed by atoms with Crippen LogP contribution in [0.5, 0.6) is 5.75 Å². The van der Waals surface area contributed by atoms with Gasteiger partial charge in [0.25, 0.3) is 0 Å². The van der Waals surface area contributed by atoms with Crippen molar-refractivity contribution in [2.24, 2.45) is 0 Å². The molecule has 2 heterocycles. The predicted octanol–water partition coefficient (Wildman–Crippen LogP) is 1.31. The standard InChI is InChI=1S/C16H20N4O4/c1-10-15(17-7-8-23-10)16-19-13(20-24-16)9-14(21)18-11-5-3-4-6-12(11)22-2/h3-6,10,15,17H,7-9H2,1-2H3,(H,18,21)/t10-,15+/m1/s1. The molecule has 2 atom stereocenters. The molecule has 0 bridgehead atoms. The highest BCUT2D eigenvalue weighted by atomic mass is 16.5. The van der Waals surface area contributed by atoms with Gasteiger partial charge < -0.3 is 24.6 Å². The van der Waals surface area contributed by atoms with Crippen LogP contribution in [-0.2, 0) is 16.0 Å². The molecule has 0 spiro atoms. The van der Waals surface area contributed by atoms with Crippen molar-refractivity contribution in [1.82, 2.24) is 15.5 Å². The number of rotatable bonds is 5. The van der Waals surface area contributed by atoms with E-state index in [1.54, 1.807) is 19.2 Å². The number of anilines is 1. The molecule has 1 aromatic carbocycles. The van der Waals surface area contributed by atoms with Crippen LogP contribution in [0.4, 0.5) is 5.69 Å². The van der Waals surface area contributed by atoms with Gasteiger partial charge in [-0.3, -0.25) is 4.79 Å². The number of para-hydroxylation sites is 2. The normalized spacial score (nSPS) is 20.6. The molecule has 0 radical (unpaired) electrons. The molecule has 1 fully saturated rings. The molecule has 1 saturated heterocycles. The summed E-state index contributed by atoms with van der Waals surface area (Å²) in [7, 11) is 1.55. The number of aromatic nitrogens is 2. The third-order valence-electron chi connectivity index (χ3n) is 3.77. The summed E-state index contributed by atoms with van der Waals surface area (Å²) < 4.78 is 16.0. The van der Waals surface area contributed by atoms with Crippen molar-refractivity contribution in [3.05, 3.63) is 36.0 Å². The molecule has 1 aromatic heterocycles. The summed E-state index contributed by atoms with van der Waals surface area (Å²) in [6.45, 7) is 3.32. The largest absolute Gasteiger partial charge is 0.495 e. The maximum Gasteiger partial charge on any atom is 0.246 e. The van der Waals surface area contributed by atoms with Gasteiger partial charge in [-0.15, -0.1) is 0 Å². The predicted molar refractivity (Wildman–Crippen MR) is 85.8 cm³/mol. The van der Waals surface area contributed by atoms with Gasteiger partial charge in [-0.05, 0) is 19.1 Å². The Kier molecular flexibility index (Phi) is 5.07. The summed E-state index contributed by atoms with van der Waals surface area (Å²) in [5.74, 6) is 1.11. The van der Waals surface area contributed by atoms with Crippen LogP contribution >= 0.6 is 0 Å². The van der Waals surface area contributed by atoms with Gasteiger partial charge in [0.2, 0.25) is 11.8 Å². The second-order valence-electron chi connectivity index (χ2n) is 5.48. The average molecular weight is 332 g/mol. The highest BCUT2D eigenvalue weighted by Crippen LogP contribution is 2.23. The minimum atomic E-state index is -0.243. The molecule has 0 aliphatic carbocycles. The molecule has 128 valence electrons. The number of benzene rings is 1. The molecule has 1 aliphatic heterocycles. The van der Waals surface area contributed by atoms with E-state index in [9.17, 15) is 4.79 Å². The van der Waals surface area contributed by atoms with Crippen LogP contribution in [0.3, 0.4) is 0 Å². The number of ether oxygens (including phenoxy) is 2. The molecule has 8 heteroatoms. The average Bonchev–Trinajstić information content (AvgIpc) is 3.04. The Morgan fingerprint density at radius 1 is 1.46 bits per heavy atom. The zero-order valence-corrected chi connectivity index (χ0v) is 13.6. The molecule has 2 N–H and O–H groups in total. The Hall–Kier alpha value is -2.45. The van der Waals surface area contributed by atoms with Crippen LogP contribution in [0, 0.1) is 0 Å². The number of nitrogens with zero attached hydrogens (tertiary/aromatic N) is 2. The number of hydrogen-bond donors (Lipinski definition) is 2. The lowest BCUT2D eigenvalue weighted by atomic mass is 10.1. The van der Waals surface area contributed by atoms with Crippen LogP contribution in [0.15, 0.2) is 28.8 Å². The third-order valence-corrected chi connectivity index (χ3v) is 3.77. The number of amides is 1. The van der Waals surface area contributed by atoms with Gasteiger partial charge in [-0.1, -0.05) is 17.3 Å². The van der Waals surface area contributed by atoms with Crippen LogP contribution in [0.2, 0.25) is 0 Å². The fourth-order valence-electron chi connectivity index (χ4n) is 2.56. The van der Waals surface area contributed by atoms with Crippen LogP contribution < -0.4 is 15.4 Å². The molecule has 1 amide bonds. The Morgan fingerprint density at radius 2 is 2.29 bits per heavy atom. The first-order valence-corrected chi connectivity index (χ1v) is 7.77. The van der Waals surface area contributed by atoms with Crippen molar-refractivity contribution in [2.45, 2.75) is 25.5 Å². The van der Waals surface area contributed by atoms with E-state index in [0.717, 1.165) is 6.54 Å². The van der Waals surface area contributed by atoms with Gasteiger partial charge in [0, 0.05) is 6.54 Å². The summed E-state index contributed by atoms with van der Waals surface area (Å²) in [4.78, 5) is 16.5. The highest BCUT2D eigenvalue weighted by Gasteiger charge is 2.28. The summed E-state index contributed by atoms with van der Waals surface area (Å²) in [6.07, 6.45) is -0.0433. The lowest BCUT2D eigenvalue weighted by molar-refractivity contribution is -0.115. The summed E-state index contributed by atoms with van der Waals surface area (Å²) in [6, 6.07) is 7.04. The fourth-order valence-corrected chi connectivity index (χ4v) is 2.56. The highest BCUT2D eigenvalue weighted by molar-refractivity contribution is 5.93. The summed E-state index contributed by atoms with van der Waals surface area (Å²) in [5.41, 5.74) is 0.602. The van der Waals surface area contributed by atoms with E-state index in [4.69, 9.17) is 14.0 Å². The van der Waals surface area contributed by atoms with E-state index in [1.165, 1.54) is 0 Å². The molecular formula is C16H20N4O4. The van der Waals surface area contributed by atoms with Crippen molar-refractivity contribution in [3.8, 4) is 5.75 Å². The van der Waals surface area contributed by atoms with Crippen LogP contribution in [0.1, 0.15) is 24.7 Å². The first-order chi connectivity index (χ1) is 11.7. The fraction of sp³-hybridized carbons (Fsp3) is 0.438. The smallest absolute Gasteiger partial charge is 0.246 e. The lowest BCUT2D eigenvalue weighted by Crippen LogP contribution is -2.40. The number of methoxy groups -OCH3 is 1. The Bertz CT molecular complexity index is 703. The SMILES string of the molecule is COc1ccccc1NC(=O)Cc1noc([C@H]2NCCO[C@@H]2C)n1. The summed E-state index contributed by atoms with van der Waals surface area (Å²) >= 11 is 0. The van der Waals surface area contributed by atoms with E-state index in [-0.39, 0.29) is 24.5 Å². The van der Waals surface area contributed by atoms with E-state index >= 15 is 0 Å². The maximum atomic E-state index is 12.2. The molecule has 3 rings (SSSR count). The van der Waals surface area contributed by atoms with Gasteiger partial charge in [0.05, 0.1) is 31.9 Å². The molecule has 24 heavy (non-hydrogen) atoms. The van der Waals surface area contributed by atoms with Gasteiger partial charge in [0.1, 0.15) is 11.8 Å². The Labute approximate surface area is 139 Å². The minimum absolute atomic E-state index is 0.0174. The van der Waals surface area contributed by atoms with Gasteiger partial charge in [-0.25, -0.2) is 0 Å². The first kappa shape index (κ1) is 16.4. The zero-order chi connectivity index (χ0) is 16.9. The maximum absolute atomic E-state index is 12.2. The number of morpholine rings is 1. The number of nitrogens with one attached hydrogen (secondary N) is 2. The Balaban J connectivity index is 1.63. The monoisotopic (exact) mass is 332 g/mol. The van der Waals surface area contributed by atoms with Crippen molar-refractivity contribution < 1.29 is 18.8 Å². The van der Waals surface area contributed by atoms with Crippen LogP contribution in [-0.4, -0.2) is 42.4 Å². The summed E-state index contributed by atoms with van der Waals surface area (Å²) in [5, 5.41) is 9.93. The number of hydrogen-bond acceptors (Lipinski definition) is 7. The zero-order valence-electron chi connectivity index (χ0n) is 13.6. The van der Waals surface area contributed by atoms with Gasteiger partial charge in [-0.2, -0.15) is 4.98 Å². The Morgan fingerprint density at radius 3 is 3.08 bits per heavy atom. The number of carbonyl (C=O) groups is 1. The van der Waals surface area contributed by atoms with E-state index < -0.39 is 0 Å². The molecule has 0 saturated carbocycles. The molecule has 8 nitrogen and oxygen atoms in total. The topological polar surface area (TPSA) is 98.5 Å². The second kappa shape index (κ2) is 7.41. The number of carbonyl (C=O) groups excluding carboxylic acids is 1. The van der Waals surface area contributed by atoms with Crippen LogP contribution in [0.25, 0.3) is 0 Å². The molecule has 2 aromatic rings. The minimum Gasteiger partial charge on any atom is -0.495 e. The molecule has 1 aliphatic rings. The van der Waals surface area contributed by atoms with E-state index in [0.29, 0.717) is 29.8 Å². The van der Waals surface area contributed by atoms with Crippen molar-refractivity contribution >= 4 is 11.6 Å². The van der Waals surface area contributed by atoms with Crippen molar-refractivity contribution in [3.63, 3.8) is 0 Å². The van der Waals surface area contributed by atoms with Gasteiger partial charge >= 0.3 is 0 Å². The molecular weight excluding hydrogens is 312 g/mol. The van der Waals surface area contributed by atoms with E-state index in [1.807, 2.05) is 19.1 Å². The van der Waals surface area contributed by atoms with Crippen molar-refractivity contribution in [2.75, 3.05) is 25.6 Å². The third kappa shape index (κ3) is 3.72. The quantitative estimate of drug-likeness (QED) is 0.851.